The van der Waals surface area contributed by atoms with Crippen LogP contribution in [0.15, 0.2) is 0 Å². The van der Waals surface area contributed by atoms with E-state index in [1.54, 1.807) is 0 Å². The summed E-state index contributed by atoms with van der Waals surface area (Å²) in [5.74, 6) is 0.201. The van der Waals surface area contributed by atoms with Crippen molar-refractivity contribution in [3.8, 4) is 0 Å². The fourth-order valence-corrected chi connectivity index (χ4v) is 0.183. The Kier molecular flexibility index (Phi) is 2.75. The summed E-state index contributed by atoms with van der Waals surface area (Å²) in [5.41, 5.74) is 0. The van der Waals surface area contributed by atoms with Crippen molar-refractivity contribution in [2.75, 3.05) is 5.75 Å². The first-order chi connectivity index (χ1) is 3.18. The molecule has 1 unspecified atom stereocenters. The van der Waals surface area contributed by atoms with E-state index in [1.807, 2.05) is 0 Å². The number of hydrogen-bond acceptors (Lipinski definition) is 2. The van der Waals surface area contributed by atoms with Crippen LogP contribution in [0.5, 0.6) is 0 Å². The predicted octanol–water partition coefficient (Wildman–Crippen LogP) is 0.849. The fourth-order valence-electron chi connectivity index (χ4n) is 0.0609. The van der Waals surface area contributed by atoms with Crippen molar-refractivity contribution in [2.24, 2.45) is 0 Å². The van der Waals surface area contributed by atoms with Gasteiger partial charge in [-0.2, -0.15) is 0 Å². The molecule has 3 nitrogen and oxygen atoms in total. The van der Waals surface area contributed by atoms with Crippen molar-refractivity contribution in [3.05, 3.63) is 10.1 Å². The van der Waals surface area contributed by atoms with E-state index in [1.165, 1.54) is 6.92 Å². The molecular weight excluding hydrogens is 114 g/mol. The van der Waals surface area contributed by atoms with E-state index in [9.17, 15) is 10.1 Å². The van der Waals surface area contributed by atoms with E-state index in [2.05, 4.69) is 12.6 Å². The maximum atomic E-state index is 9.67. The molecule has 0 saturated carbocycles. The Morgan fingerprint density at radius 1 is 2.00 bits per heavy atom. The molecule has 4 heteroatoms. The Bertz CT molecular complexity index is 75.3. The summed E-state index contributed by atoms with van der Waals surface area (Å²) < 4.78 is 0. The topological polar surface area (TPSA) is 43.1 Å². The fraction of sp³-hybridized carbons (Fsp3) is 1.00. The first-order valence-corrected chi connectivity index (χ1v) is 2.47. The van der Waals surface area contributed by atoms with Crippen LogP contribution in [0.25, 0.3) is 0 Å². The summed E-state index contributed by atoms with van der Waals surface area (Å²) in [5, 5.41) is 9.67. The molecule has 41 valence electrons. The highest BCUT2D eigenvalue weighted by atomic mass is 32.1. The largest absolute Gasteiger partial charge is 0.264 e. The molecule has 0 aromatic carbocycles. The van der Waals surface area contributed by atoms with Crippen molar-refractivity contribution in [1.29, 1.82) is 0 Å². The third-order valence-corrected chi connectivity index (χ3v) is 1.08. The molecule has 0 aliphatic rings. The second-order valence-corrected chi connectivity index (χ2v) is 1.63. The van der Waals surface area contributed by atoms with Crippen LogP contribution in [0.1, 0.15) is 6.92 Å². The molecular formula is C3H6NO2S. The number of hydrogen-bond donors (Lipinski definition) is 0. The molecule has 0 rings (SSSR count). The van der Waals surface area contributed by atoms with Gasteiger partial charge in [-0.25, -0.2) is 0 Å². The van der Waals surface area contributed by atoms with E-state index in [-0.39, 0.29) is 10.7 Å². The number of nitro groups is 1. The normalized spacial score (nSPS) is 13.4. The van der Waals surface area contributed by atoms with Gasteiger partial charge in [0.05, 0.1) is 5.75 Å². The van der Waals surface area contributed by atoms with Crippen molar-refractivity contribution >= 4 is 12.6 Å². The quantitative estimate of drug-likeness (QED) is 0.400. The minimum Gasteiger partial charge on any atom is -0.264 e. The van der Waals surface area contributed by atoms with Crippen LogP contribution in [-0.2, 0) is 0 Å². The Labute approximate surface area is 47.3 Å². The van der Waals surface area contributed by atoms with E-state index >= 15 is 0 Å². The second-order valence-electron chi connectivity index (χ2n) is 1.30. The molecule has 7 heavy (non-hydrogen) atoms. The second kappa shape index (κ2) is 2.85. The molecule has 0 aliphatic heterocycles. The van der Waals surface area contributed by atoms with Crippen LogP contribution >= 0.6 is 12.6 Å². The Morgan fingerprint density at radius 3 is 2.43 bits per heavy atom. The van der Waals surface area contributed by atoms with Gasteiger partial charge >= 0.3 is 0 Å². The summed E-state index contributed by atoms with van der Waals surface area (Å²) in [6.45, 7) is 1.49. The molecule has 1 atom stereocenters. The molecule has 0 aromatic heterocycles. The highest BCUT2D eigenvalue weighted by Gasteiger charge is 2.07. The summed E-state index contributed by atoms with van der Waals surface area (Å²) in [4.78, 5) is 9.29. The molecule has 0 fully saturated rings. The molecule has 0 aromatic rings. The predicted molar refractivity (Wildman–Crippen MR) is 28.9 cm³/mol. The monoisotopic (exact) mass is 120 g/mol. The molecule has 1 radical (unpaired) electrons. The molecule has 0 aliphatic carbocycles. The highest BCUT2D eigenvalue weighted by Crippen LogP contribution is 1.88. The zero-order chi connectivity index (χ0) is 5.86. The van der Waals surface area contributed by atoms with Gasteiger partial charge in [-0.3, -0.25) is 10.1 Å². The van der Waals surface area contributed by atoms with Gasteiger partial charge in [0.1, 0.15) is 0 Å². The van der Waals surface area contributed by atoms with Crippen molar-refractivity contribution in [3.63, 3.8) is 0 Å². The number of nitrogens with zero attached hydrogens (tertiary/aromatic N) is 1. The number of rotatable bonds is 2. The van der Waals surface area contributed by atoms with E-state index < -0.39 is 6.04 Å². The van der Waals surface area contributed by atoms with Crippen molar-refractivity contribution < 1.29 is 4.92 Å². The lowest BCUT2D eigenvalue weighted by atomic mass is 10.4. The lowest BCUT2D eigenvalue weighted by molar-refractivity contribution is -0.511. The lowest BCUT2D eigenvalue weighted by Gasteiger charge is -1.93. The summed E-state index contributed by atoms with van der Waals surface area (Å²) in [6, 6.07) is -0.560. The van der Waals surface area contributed by atoms with Crippen LogP contribution in [-0.4, -0.2) is 16.7 Å². The van der Waals surface area contributed by atoms with Gasteiger partial charge in [-0.05, 0) is 0 Å². The van der Waals surface area contributed by atoms with Gasteiger partial charge in [0, 0.05) is 11.8 Å². The van der Waals surface area contributed by atoms with Crippen LogP contribution < -0.4 is 0 Å². The maximum absolute atomic E-state index is 9.67. The highest BCUT2D eigenvalue weighted by molar-refractivity contribution is 7.80. The minimum absolute atomic E-state index is 0.201. The van der Waals surface area contributed by atoms with Gasteiger partial charge in [0.15, 0.2) is 0 Å². The summed E-state index contributed by atoms with van der Waals surface area (Å²) in [7, 11) is 0. The Balaban J connectivity index is 3.34. The molecule has 0 spiro atoms. The Hall–Kier alpha value is -0.250. The minimum atomic E-state index is -0.560. The molecule has 0 saturated heterocycles. The zero-order valence-corrected chi connectivity index (χ0v) is 4.77. The maximum Gasteiger partial charge on any atom is 0.220 e. The molecule has 0 heterocycles. The van der Waals surface area contributed by atoms with E-state index in [4.69, 9.17) is 0 Å². The standard InChI is InChI=1S/C3H6NO2S/c1-3(2-7)4(5)6/h3H,2H2,1H3. The zero-order valence-electron chi connectivity index (χ0n) is 3.96. The van der Waals surface area contributed by atoms with Gasteiger partial charge in [-0.1, -0.05) is 12.6 Å². The smallest absolute Gasteiger partial charge is 0.220 e. The first kappa shape index (κ1) is 6.75. The average Bonchev–Trinajstić information content (AvgIpc) is 1.65. The van der Waals surface area contributed by atoms with Gasteiger partial charge in [0.2, 0.25) is 6.04 Å². The van der Waals surface area contributed by atoms with Crippen LogP contribution in [0, 0.1) is 10.1 Å². The van der Waals surface area contributed by atoms with Crippen LogP contribution in [0.4, 0.5) is 0 Å². The Morgan fingerprint density at radius 2 is 2.43 bits per heavy atom. The molecule has 0 amide bonds. The van der Waals surface area contributed by atoms with Crippen molar-refractivity contribution in [2.45, 2.75) is 13.0 Å². The average molecular weight is 120 g/mol. The van der Waals surface area contributed by atoms with Crippen LogP contribution in [0.2, 0.25) is 0 Å². The van der Waals surface area contributed by atoms with Crippen molar-refractivity contribution in [1.82, 2.24) is 0 Å². The third kappa shape index (κ3) is 2.45. The third-order valence-electron chi connectivity index (χ3n) is 0.601. The van der Waals surface area contributed by atoms with E-state index in [0.717, 1.165) is 0 Å². The van der Waals surface area contributed by atoms with Crippen LogP contribution in [0.3, 0.4) is 0 Å². The SMILES string of the molecule is CC(C[S])[N+](=O)[O-]. The lowest BCUT2D eigenvalue weighted by Crippen LogP contribution is -2.15. The summed E-state index contributed by atoms with van der Waals surface area (Å²) in [6.07, 6.45) is 0. The summed E-state index contributed by atoms with van der Waals surface area (Å²) >= 11 is 4.41. The van der Waals surface area contributed by atoms with Gasteiger partial charge in [0.25, 0.3) is 0 Å². The molecule has 0 bridgehead atoms. The first-order valence-electron chi connectivity index (χ1n) is 1.90. The molecule has 0 N–H and O–H groups in total. The van der Waals surface area contributed by atoms with Gasteiger partial charge < -0.3 is 0 Å². The van der Waals surface area contributed by atoms with E-state index in [0.29, 0.717) is 0 Å². The van der Waals surface area contributed by atoms with Gasteiger partial charge in [-0.15, -0.1) is 0 Å².